The number of nitriles is 1. The highest BCUT2D eigenvalue weighted by Crippen LogP contribution is 2.23. The van der Waals surface area contributed by atoms with Gasteiger partial charge in [0.2, 0.25) is 0 Å². The maximum Gasteiger partial charge on any atom is 0.112 e. The zero-order valence-electron chi connectivity index (χ0n) is 13.0. The fourth-order valence-electron chi connectivity index (χ4n) is 2.41. The fraction of sp³-hybridized carbons (Fsp3) is 0.167. The molecule has 4 nitrogen and oxygen atoms in total. The van der Waals surface area contributed by atoms with Crippen molar-refractivity contribution >= 4 is 17.0 Å². The van der Waals surface area contributed by atoms with Crippen molar-refractivity contribution in [3.05, 3.63) is 63.7 Å². The van der Waals surface area contributed by atoms with Gasteiger partial charge >= 0.3 is 0 Å². The van der Waals surface area contributed by atoms with E-state index in [9.17, 15) is 5.26 Å². The normalized spacial score (nSPS) is 10.3. The van der Waals surface area contributed by atoms with Gasteiger partial charge in [0.25, 0.3) is 0 Å². The molecular formula is C18H16N4S. The molecule has 5 heteroatoms. The molecule has 0 bridgehead atoms. The third-order valence-corrected chi connectivity index (χ3v) is 4.34. The number of nitrogens with zero attached hydrogens (tertiary/aromatic N) is 3. The van der Waals surface area contributed by atoms with E-state index in [2.05, 4.69) is 38.9 Å². The lowest BCUT2D eigenvalue weighted by Gasteiger charge is -2.09. The molecule has 3 aromatic rings. The molecule has 3 rings (SSSR count). The minimum Gasteiger partial charge on any atom is -0.377 e. The van der Waals surface area contributed by atoms with Crippen LogP contribution in [-0.4, -0.2) is 9.97 Å². The molecule has 0 aliphatic heterocycles. The zero-order valence-corrected chi connectivity index (χ0v) is 13.8. The second kappa shape index (κ2) is 6.59. The molecule has 0 unspecified atom stereocenters. The third kappa shape index (κ3) is 3.38. The molecule has 1 N–H and O–H groups in total. The molecule has 0 saturated carbocycles. The zero-order chi connectivity index (χ0) is 16.2. The first-order valence-electron chi connectivity index (χ1n) is 7.29. The van der Waals surface area contributed by atoms with Gasteiger partial charge in [-0.2, -0.15) is 5.26 Å². The summed E-state index contributed by atoms with van der Waals surface area (Å²) in [7, 11) is 0. The topological polar surface area (TPSA) is 61.6 Å². The van der Waals surface area contributed by atoms with Crippen LogP contribution in [0.2, 0.25) is 0 Å². The van der Waals surface area contributed by atoms with Crippen LogP contribution in [0, 0.1) is 25.2 Å². The first kappa shape index (κ1) is 15.2. The quantitative estimate of drug-likeness (QED) is 0.778. The molecule has 0 saturated heterocycles. The van der Waals surface area contributed by atoms with Crippen LogP contribution in [0.25, 0.3) is 11.3 Å². The van der Waals surface area contributed by atoms with Crippen LogP contribution in [0.5, 0.6) is 0 Å². The van der Waals surface area contributed by atoms with E-state index in [4.69, 9.17) is 0 Å². The van der Waals surface area contributed by atoms with E-state index >= 15 is 0 Å². The van der Waals surface area contributed by atoms with Crippen LogP contribution in [0.15, 0.2) is 41.8 Å². The number of benzene rings is 1. The van der Waals surface area contributed by atoms with E-state index < -0.39 is 0 Å². The molecule has 0 atom stereocenters. The Hall–Kier alpha value is -2.71. The standard InChI is InChI=1S/C18H16N4S/c1-12-8-16(15(9-19)13(2)21-12)20-10-18-22-17(11-23-18)14-6-4-3-5-7-14/h3-8,11H,10H2,1-2H3,(H,20,21). The molecular weight excluding hydrogens is 304 g/mol. The highest BCUT2D eigenvalue weighted by molar-refractivity contribution is 7.09. The van der Waals surface area contributed by atoms with Crippen LogP contribution >= 0.6 is 11.3 Å². The Morgan fingerprint density at radius 2 is 1.96 bits per heavy atom. The van der Waals surface area contributed by atoms with Crippen molar-refractivity contribution in [1.29, 1.82) is 5.26 Å². The summed E-state index contributed by atoms with van der Waals surface area (Å²) in [6.07, 6.45) is 0. The first-order chi connectivity index (χ1) is 11.2. The largest absolute Gasteiger partial charge is 0.377 e. The lowest BCUT2D eigenvalue weighted by Crippen LogP contribution is -2.04. The Bertz CT molecular complexity index is 862. The van der Waals surface area contributed by atoms with E-state index in [-0.39, 0.29) is 0 Å². The molecule has 0 aliphatic rings. The van der Waals surface area contributed by atoms with Crippen LogP contribution in [-0.2, 0) is 6.54 Å². The fourth-order valence-corrected chi connectivity index (χ4v) is 3.16. The number of anilines is 1. The monoisotopic (exact) mass is 320 g/mol. The van der Waals surface area contributed by atoms with Gasteiger partial charge < -0.3 is 5.32 Å². The number of nitrogens with one attached hydrogen (secondary N) is 1. The first-order valence-corrected chi connectivity index (χ1v) is 8.17. The van der Waals surface area contributed by atoms with E-state index in [1.807, 2.05) is 38.1 Å². The Balaban J connectivity index is 1.78. The van der Waals surface area contributed by atoms with Crippen molar-refractivity contribution in [2.75, 3.05) is 5.32 Å². The van der Waals surface area contributed by atoms with Gasteiger partial charge in [-0.05, 0) is 19.9 Å². The molecule has 0 aliphatic carbocycles. The minimum atomic E-state index is 0.592. The average Bonchev–Trinajstić information content (AvgIpc) is 3.02. The van der Waals surface area contributed by atoms with Crippen molar-refractivity contribution in [1.82, 2.24) is 9.97 Å². The van der Waals surface area contributed by atoms with E-state index in [1.54, 1.807) is 11.3 Å². The second-order valence-electron chi connectivity index (χ2n) is 5.23. The highest BCUT2D eigenvalue weighted by atomic mass is 32.1. The number of aryl methyl sites for hydroxylation is 2. The van der Waals surface area contributed by atoms with Crippen molar-refractivity contribution in [2.24, 2.45) is 0 Å². The molecule has 2 aromatic heterocycles. The minimum absolute atomic E-state index is 0.592. The van der Waals surface area contributed by atoms with Gasteiger partial charge in [0.05, 0.1) is 29.2 Å². The number of aromatic nitrogens is 2. The summed E-state index contributed by atoms with van der Waals surface area (Å²) < 4.78 is 0. The van der Waals surface area contributed by atoms with E-state index in [1.165, 1.54) is 0 Å². The molecule has 0 radical (unpaired) electrons. The lowest BCUT2D eigenvalue weighted by molar-refractivity contribution is 1.07. The van der Waals surface area contributed by atoms with Gasteiger partial charge in [0, 0.05) is 16.6 Å². The smallest absolute Gasteiger partial charge is 0.112 e. The molecule has 0 amide bonds. The van der Waals surface area contributed by atoms with Gasteiger partial charge in [0.1, 0.15) is 11.1 Å². The highest BCUT2D eigenvalue weighted by Gasteiger charge is 2.09. The number of pyridine rings is 1. The van der Waals surface area contributed by atoms with Gasteiger partial charge in [-0.1, -0.05) is 30.3 Å². The summed E-state index contributed by atoms with van der Waals surface area (Å²) >= 11 is 1.61. The summed E-state index contributed by atoms with van der Waals surface area (Å²) in [5.41, 5.74) is 5.15. The number of thiazole rings is 1. The molecule has 114 valence electrons. The van der Waals surface area contributed by atoms with Crippen LogP contribution < -0.4 is 5.32 Å². The van der Waals surface area contributed by atoms with Gasteiger partial charge in [-0.15, -0.1) is 11.3 Å². The van der Waals surface area contributed by atoms with Crippen molar-refractivity contribution in [3.8, 4) is 17.3 Å². The Labute approximate surface area is 139 Å². The van der Waals surface area contributed by atoms with Crippen LogP contribution in [0.1, 0.15) is 22.0 Å². The molecule has 0 spiro atoms. The lowest BCUT2D eigenvalue weighted by atomic mass is 10.1. The Morgan fingerprint density at radius 3 is 2.70 bits per heavy atom. The Kier molecular flexibility index (Phi) is 4.35. The predicted molar refractivity (Wildman–Crippen MR) is 93.3 cm³/mol. The SMILES string of the molecule is Cc1cc(NCc2nc(-c3ccccc3)cs2)c(C#N)c(C)n1. The van der Waals surface area contributed by atoms with Crippen molar-refractivity contribution in [3.63, 3.8) is 0 Å². The predicted octanol–water partition coefficient (Wildman–Crippen LogP) is 4.31. The summed E-state index contributed by atoms with van der Waals surface area (Å²) in [5.74, 6) is 0. The summed E-state index contributed by atoms with van der Waals surface area (Å²) in [6.45, 7) is 4.37. The van der Waals surface area contributed by atoms with Crippen LogP contribution in [0.4, 0.5) is 5.69 Å². The number of rotatable bonds is 4. The summed E-state index contributed by atoms with van der Waals surface area (Å²) in [5, 5.41) is 15.7. The van der Waals surface area contributed by atoms with Crippen molar-refractivity contribution < 1.29 is 0 Å². The average molecular weight is 320 g/mol. The molecule has 0 fully saturated rings. The molecule has 2 heterocycles. The van der Waals surface area contributed by atoms with Crippen LogP contribution in [0.3, 0.4) is 0 Å². The van der Waals surface area contributed by atoms with E-state index in [0.29, 0.717) is 12.1 Å². The maximum atomic E-state index is 9.30. The number of hydrogen-bond donors (Lipinski definition) is 1. The van der Waals surface area contributed by atoms with Gasteiger partial charge in [0.15, 0.2) is 0 Å². The van der Waals surface area contributed by atoms with Crippen molar-refractivity contribution in [2.45, 2.75) is 20.4 Å². The van der Waals surface area contributed by atoms with Gasteiger partial charge in [-0.25, -0.2) is 4.98 Å². The van der Waals surface area contributed by atoms with E-state index in [0.717, 1.165) is 33.3 Å². The Morgan fingerprint density at radius 1 is 1.17 bits per heavy atom. The third-order valence-electron chi connectivity index (χ3n) is 3.49. The maximum absolute atomic E-state index is 9.30. The molecule has 23 heavy (non-hydrogen) atoms. The molecule has 1 aromatic carbocycles. The second-order valence-corrected chi connectivity index (χ2v) is 6.17. The van der Waals surface area contributed by atoms with Gasteiger partial charge in [-0.3, -0.25) is 4.98 Å². The number of hydrogen-bond acceptors (Lipinski definition) is 5. The summed E-state index contributed by atoms with van der Waals surface area (Å²) in [6, 6.07) is 14.2. The summed E-state index contributed by atoms with van der Waals surface area (Å²) in [4.78, 5) is 8.98.